The molecule has 0 unspecified atom stereocenters. The lowest BCUT2D eigenvalue weighted by molar-refractivity contribution is -0.109. The van der Waals surface area contributed by atoms with Gasteiger partial charge in [0.05, 0.1) is 5.57 Å². The third-order valence-corrected chi connectivity index (χ3v) is 2.67. The molecule has 0 saturated carbocycles. The Morgan fingerprint density at radius 3 is 1.39 bits per heavy atom. The van der Waals surface area contributed by atoms with Gasteiger partial charge in [-0.2, -0.15) is 0 Å². The summed E-state index contributed by atoms with van der Waals surface area (Å²) in [5.41, 5.74) is 2.55. The first kappa shape index (κ1) is 12.0. The number of allylic oxidation sites excluding steroid dienone is 1. The van der Waals surface area contributed by atoms with Gasteiger partial charge in [-0.25, -0.2) is 0 Å². The average molecular weight is 236 g/mol. The van der Waals surface area contributed by atoms with Crippen molar-refractivity contribution in [2.24, 2.45) is 0 Å². The summed E-state index contributed by atoms with van der Waals surface area (Å²) in [6.07, 6.45) is 1.20. The SMILES string of the molecule is O=CC(C=O)=C(c1ccccc1)c1ccccc1. The van der Waals surface area contributed by atoms with E-state index in [9.17, 15) is 9.59 Å². The van der Waals surface area contributed by atoms with Crippen LogP contribution in [-0.4, -0.2) is 12.6 Å². The van der Waals surface area contributed by atoms with E-state index < -0.39 is 0 Å². The molecule has 0 aromatic heterocycles. The predicted molar refractivity (Wildman–Crippen MR) is 71.0 cm³/mol. The lowest BCUT2D eigenvalue weighted by atomic mass is 9.94. The molecule has 0 amide bonds. The molecule has 2 nitrogen and oxygen atoms in total. The molecule has 2 rings (SSSR count). The Hall–Kier alpha value is -2.48. The highest BCUT2D eigenvalue weighted by atomic mass is 16.1. The van der Waals surface area contributed by atoms with Crippen molar-refractivity contribution in [1.82, 2.24) is 0 Å². The van der Waals surface area contributed by atoms with Crippen molar-refractivity contribution in [3.8, 4) is 0 Å². The van der Waals surface area contributed by atoms with Crippen molar-refractivity contribution in [2.75, 3.05) is 0 Å². The topological polar surface area (TPSA) is 34.1 Å². The zero-order valence-electron chi connectivity index (χ0n) is 9.74. The van der Waals surface area contributed by atoms with Gasteiger partial charge in [0.1, 0.15) is 0 Å². The van der Waals surface area contributed by atoms with Gasteiger partial charge in [0.25, 0.3) is 0 Å². The fourth-order valence-electron chi connectivity index (χ4n) is 1.86. The number of hydrogen-bond donors (Lipinski definition) is 0. The molecule has 0 saturated heterocycles. The zero-order valence-corrected chi connectivity index (χ0v) is 9.74. The van der Waals surface area contributed by atoms with Gasteiger partial charge in [-0.15, -0.1) is 0 Å². The van der Waals surface area contributed by atoms with E-state index in [-0.39, 0.29) is 5.57 Å². The Morgan fingerprint density at radius 2 is 1.06 bits per heavy atom. The minimum atomic E-state index is 0.160. The van der Waals surface area contributed by atoms with Gasteiger partial charge in [-0.1, -0.05) is 60.7 Å². The van der Waals surface area contributed by atoms with Crippen LogP contribution in [0.25, 0.3) is 5.57 Å². The molecule has 0 bridgehead atoms. The van der Waals surface area contributed by atoms with Gasteiger partial charge in [0, 0.05) is 5.57 Å². The highest BCUT2D eigenvalue weighted by Crippen LogP contribution is 2.25. The van der Waals surface area contributed by atoms with Crippen LogP contribution >= 0.6 is 0 Å². The fourth-order valence-corrected chi connectivity index (χ4v) is 1.86. The summed E-state index contributed by atoms with van der Waals surface area (Å²) in [7, 11) is 0. The van der Waals surface area contributed by atoms with Gasteiger partial charge in [0.15, 0.2) is 12.6 Å². The molecule has 88 valence electrons. The maximum Gasteiger partial charge on any atom is 0.153 e. The van der Waals surface area contributed by atoms with Gasteiger partial charge < -0.3 is 0 Å². The standard InChI is InChI=1S/C16H12O2/c17-11-15(12-18)16(13-7-3-1-4-8-13)14-9-5-2-6-10-14/h1-12H. The molecule has 0 N–H and O–H groups in total. The van der Waals surface area contributed by atoms with E-state index >= 15 is 0 Å². The Bertz CT molecular complexity index is 517. The summed E-state index contributed by atoms with van der Waals surface area (Å²) in [5, 5.41) is 0. The van der Waals surface area contributed by atoms with Crippen LogP contribution in [0.4, 0.5) is 0 Å². The minimum absolute atomic E-state index is 0.160. The molecule has 18 heavy (non-hydrogen) atoms. The number of rotatable bonds is 4. The first-order valence-electron chi connectivity index (χ1n) is 5.62. The Labute approximate surface area is 106 Å². The first-order valence-corrected chi connectivity index (χ1v) is 5.62. The fraction of sp³-hybridized carbons (Fsp3) is 0. The molecule has 0 aliphatic carbocycles. The van der Waals surface area contributed by atoms with Crippen LogP contribution in [0.3, 0.4) is 0 Å². The van der Waals surface area contributed by atoms with Gasteiger partial charge in [0.2, 0.25) is 0 Å². The maximum absolute atomic E-state index is 11.0. The van der Waals surface area contributed by atoms with Crippen molar-refractivity contribution < 1.29 is 9.59 Å². The largest absolute Gasteiger partial charge is 0.298 e. The predicted octanol–water partition coefficient (Wildman–Crippen LogP) is 2.89. The molecule has 0 atom stereocenters. The molecule has 0 spiro atoms. The molecular weight excluding hydrogens is 224 g/mol. The summed E-state index contributed by atoms with van der Waals surface area (Å²) in [6.45, 7) is 0. The summed E-state index contributed by atoms with van der Waals surface area (Å²) < 4.78 is 0. The second-order valence-corrected chi connectivity index (χ2v) is 3.80. The molecule has 2 aromatic carbocycles. The van der Waals surface area contributed by atoms with Crippen molar-refractivity contribution in [2.45, 2.75) is 0 Å². The molecule has 0 aliphatic heterocycles. The van der Waals surface area contributed by atoms with Gasteiger partial charge in [-0.3, -0.25) is 9.59 Å². The summed E-state index contributed by atoms with van der Waals surface area (Å²) in [4.78, 5) is 22.1. The number of carbonyl (C=O) groups is 2. The van der Waals surface area contributed by atoms with Crippen molar-refractivity contribution >= 4 is 18.1 Å². The van der Waals surface area contributed by atoms with E-state index in [0.717, 1.165) is 11.1 Å². The third kappa shape index (κ3) is 2.43. The summed E-state index contributed by atoms with van der Waals surface area (Å²) >= 11 is 0. The highest BCUT2D eigenvalue weighted by Gasteiger charge is 2.10. The van der Waals surface area contributed by atoms with Crippen LogP contribution in [0, 0.1) is 0 Å². The van der Waals surface area contributed by atoms with Crippen molar-refractivity contribution in [3.63, 3.8) is 0 Å². The smallest absolute Gasteiger partial charge is 0.153 e. The van der Waals surface area contributed by atoms with E-state index in [1.165, 1.54) is 0 Å². The number of hydrogen-bond acceptors (Lipinski definition) is 2. The lowest BCUT2D eigenvalue weighted by Gasteiger charge is -2.09. The second kappa shape index (κ2) is 5.73. The van der Waals surface area contributed by atoms with Crippen LogP contribution in [0.1, 0.15) is 11.1 Å². The second-order valence-electron chi connectivity index (χ2n) is 3.80. The normalized spacial score (nSPS) is 9.56. The van der Waals surface area contributed by atoms with Crippen LogP contribution in [0.15, 0.2) is 66.2 Å². The molecular formula is C16H12O2. The van der Waals surface area contributed by atoms with E-state index in [4.69, 9.17) is 0 Å². The monoisotopic (exact) mass is 236 g/mol. The van der Waals surface area contributed by atoms with E-state index in [2.05, 4.69) is 0 Å². The quantitative estimate of drug-likeness (QED) is 0.354. The van der Waals surface area contributed by atoms with Crippen LogP contribution in [-0.2, 0) is 9.59 Å². The Morgan fingerprint density at radius 1 is 0.667 bits per heavy atom. The van der Waals surface area contributed by atoms with Crippen LogP contribution in [0.2, 0.25) is 0 Å². The highest BCUT2D eigenvalue weighted by molar-refractivity contribution is 6.11. The number of aldehydes is 2. The number of benzene rings is 2. The third-order valence-electron chi connectivity index (χ3n) is 2.67. The van der Waals surface area contributed by atoms with Crippen molar-refractivity contribution in [3.05, 3.63) is 77.4 Å². The molecule has 2 aromatic rings. The maximum atomic E-state index is 11.0. The first-order chi connectivity index (χ1) is 8.86. The van der Waals surface area contributed by atoms with Crippen molar-refractivity contribution in [1.29, 1.82) is 0 Å². The molecule has 0 fully saturated rings. The van der Waals surface area contributed by atoms with Crippen LogP contribution in [0.5, 0.6) is 0 Å². The minimum Gasteiger partial charge on any atom is -0.298 e. The Balaban J connectivity index is 2.67. The lowest BCUT2D eigenvalue weighted by Crippen LogP contribution is -1.97. The molecule has 0 radical (unpaired) electrons. The summed E-state index contributed by atoms with van der Waals surface area (Å²) in [6, 6.07) is 18.9. The average Bonchev–Trinajstić information content (AvgIpc) is 2.46. The molecule has 0 heterocycles. The van der Waals surface area contributed by atoms with Gasteiger partial charge >= 0.3 is 0 Å². The van der Waals surface area contributed by atoms with E-state index in [0.29, 0.717) is 18.1 Å². The van der Waals surface area contributed by atoms with Gasteiger partial charge in [-0.05, 0) is 11.1 Å². The van der Waals surface area contributed by atoms with Crippen LogP contribution < -0.4 is 0 Å². The zero-order chi connectivity index (χ0) is 12.8. The van der Waals surface area contributed by atoms with E-state index in [1.54, 1.807) is 0 Å². The number of carbonyl (C=O) groups excluding carboxylic acids is 2. The molecule has 0 aliphatic rings. The van der Waals surface area contributed by atoms with E-state index in [1.807, 2.05) is 60.7 Å². The molecule has 2 heteroatoms. The summed E-state index contributed by atoms with van der Waals surface area (Å²) in [5.74, 6) is 0. The Kier molecular flexibility index (Phi) is 3.82.